The van der Waals surface area contributed by atoms with Gasteiger partial charge in [0.15, 0.2) is 11.6 Å². The number of carbonyl (C=O) groups is 1. The Morgan fingerprint density at radius 3 is 2.56 bits per heavy atom. The number of aromatic nitrogens is 3. The number of carbonyl (C=O) groups excluding carboxylic acids is 1. The molecule has 1 amide bonds. The average Bonchev–Trinajstić information content (AvgIpc) is 2.64. The molecule has 0 aliphatic carbocycles. The molecular weight excluding hydrogens is 328 g/mol. The van der Waals surface area contributed by atoms with E-state index in [0.29, 0.717) is 12.4 Å². The molecule has 0 saturated heterocycles. The molecule has 0 atom stereocenters. The highest BCUT2D eigenvalue weighted by atomic mass is 19.2. The van der Waals surface area contributed by atoms with E-state index in [-0.39, 0.29) is 11.4 Å². The molecule has 0 fully saturated rings. The van der Waals surface area contributed by atoms with Gasteiger partial charge in [-0.2, -0.15) is 0 Å². The Labute approximate surface area is 142 Å². The molecule has 0 saturated carbocycles. The third-order valence-electron chi connectivity index (χ3n) is 3.24. The number of halogens is 2. The van der Waals surface area contributed by atoms with Gasteiger partial charge in [0.05, 0.1) is 24.6 Å². The van der Waals surface area contributed by atoms with Gasteiger partial charge in [-0.15, -0.1) is 0 Å². The minimum Gasteiger partial charge on any atom is -0.363 e. The fourth-order valence-electron chi connectivity index (χ4n) is 1.99. The van der Waals surface area contributed by atoms with E-state index in [1.165, 1.54) is 18.5 Å². The maximum atomic E-state index is 13.1. The van der Waals surface area contributed by atoms with E-state index in [2.05, 4.69) is 25.6 Å². The van der Waals surface area contributed by atoms with Crippen LogP contribution in [-0.2, 0) is 6.54 Å². The van der Waals surface area contributed by atoms with Crippen LogP contribution in [0.4, 0.5) is 20.3 Å². The predicted molar refractivity (Wildman–Crippen MR) is 87.9 cm³/mol. The molecule has 6 nitrogen and oxygen atoms in total. The second kappa shape index (κ2) is 7.43. The molecule has 0 aliphatic rings. The van der Waals surface area contributed by atoms with Crippen molar-refractivity contribution in [1.29, 1.82) is 0 Å². The van der Waals surface area contributed by atoms with E-state index < -0.39 is 17.5 Å². The van der Waals surface area contributed by atoms with Crippen LogP contribution in [0.25, 0.3) is 0 Å². The summed E-state index contributed by atoms with van der Waals surface area (Å²) in [4.78, 5) is 24.3. The first-order valence-electron chi connectivity index (χ1n) is 7.34. The van der Waals surface area contributed by atoms with Crippen LogP contribution in [0, 0.1) is 11.6 Å². The summed E-state index contributed by atoms with van der Waals surface area (Å²) < 4.78 is 26.0. The van der Waals surface area contributed by atoms with E-state index in [0.717, 1.165) is 17.8 Å². The number of rotatable bonds is 5. The minimum absolute atomic E-state index is 0.0492. The Balaban J connectivity index is 1.61. The fourth-order valence-corrected chi connectivity index (χ4v) is 1.99. The monoisotopic (exact) mass is 341 g/mol. The van der Waals surface area contributed by atoms with Crippen molar-refractivity contribution in [2.75, 3.05) is 10.6 Å². The minimum atomic E-state index is -1.04. The number of hydrogen-bond acceptors (Lipinski definition) is 5. The number of hydrogen-bond donors (Lipinski definition) is 2. The van der Waals surface area contributed by atoms with Gasteiger partial charge in [-0.05, 0) is 24.3 Å². The van der Waals surface area contributed by atoms with Gasteiger partial charge in [-0.3, -0.25) is 9.78 Å². The van der Waals surface area contributed by atoms with Crippen LogP contribution in [-0.4, -0.2) is 20.9 Å². The van der Waals surface area contributed by atoms with Crippen LogP contribution in [0.5, 0.6) is 0 Å². The van der Waals surface area contributed by atoms with Crippen LogP contribution < -0.4 is 10.6 Å². The second-order valence-electron chi connectivity index (χ2n) is 5.04. The van der Waals surface area contributed by atoms with Crippen LogP contribution in [0.1, 0.15) is 16.2 Å². The van der Waals surface area contributed by atoms with Crippen molar-refractivity contribution in [3.05, 3.63) is 78.0 Å². The lowest BCUT2D eigenvalue weighted by Gasteiger charge is -2.07. The SMILES string of the molecule is O=C(Nc1ccc(F)c(F)c1)c1cnc(NCc2ccccn2)cn1. The molecule has 0 radical (unpaired) electrons. The highest BCUT2D eigenvalue weighted by Crippen LogP contribution is 2.14. The van der Waals surface area contributed by atoms with Gasteiger partial charge in [0, 0.05) is 18.0 Å². The first-order chi connectivity index (χ1) is 12.1. The largest absolute Gasteiger partial charge is 0.363 e. The topological polar surface area (TPSA) is 79.8 Å². The fraction of sp³-hybridized carbons (Fsp3) is 0.0588. The standard InChI is InChI=1S/C17H13F2N5O/c18-13-5-4-11(7-14(13)19)24-17(25)15-9-23-16(10-21-15)22-8-12-3-1-2-6-20-12/h1-7,9-10H,8H2,(H,22,23)(H,24,25). The molecule has 1 aromatic carbocycles. The highest BCUT2D eigenvalue weighted by molar-refractivity contribution is 6.02. The Kier molecular flexibility index (Phi) is 4.89. The van der Waals surface area contributed by atoms with E-state index in [4.69, 9.17) is 0 Å². The van der Waals surface area contributed by atoms with Crippen molar-refractivity contribution in [3.63, 3.8) is 0 Å². The zero-order valence-electron chi connectivity index (χ0n) is 12.9. The molecule has 126 valence electrons. The summed E-state index contributed by atoms with van der Waals surface area (Å²) in [6, 6.07) is 8.65. The molecule has 2 heterocycles. The number of pyridine rings is 1. The summed E-state index contributed by atoms with van der Waals surface area (Å²) >= 11 is 0. The molecule has 25 heavy (non-hydrogen) atoms. The quantitative estimate of drug-likeness (QED) is 0.746. The van der Waals surface area contributed by atoms with E-state index in [1.807, 2.05) is 18.2 Å². The van der Waals surface area contributed by atoms with Gasteiger partial charge >= 0.3 is 0 Å². The summed E-state index contributed by atoms with van der Waals surface area (Å²) in [6.07, 6.45) is 4.38. The number of amides is 1. The van der Waals surface area contributed by atoms with Crippen molar-refractivity contribution in [1.82, 2.24) is 15.0 Å². The molecule has 0 spiro atoms. The predicted octanol–water partition coefficient (Wildman–Crippen LogP) is 3.01. The number of nitrogens with zero attached hydrogens (tertiary/aromatic N) is 3. The molecule has 0 unspecified atom stereocenters. The smallest absolute Gasteiger partial charge is 0.275 e. The van der Waals surface area contributed by atoms with Gasteiger partial charge in [0.25, 0.3) is 5.91 Å². The van der Waals surface area contributed by atoms with Gasteiger partial charge in [0.2, 0.25) is 0 Å². The maximum Gasteiger partial charge on any atom is 0.275 e. The molecule has 2 N–H and O–H groups in total. The van der Waals surface area contributed by atoms with Crippen molar-refractivity contribution in [2.24, 2.45) is 0 Å². The highest BCUT2D eigenvalue weighted by Gasteiger charge is 2.10. The van der Waals surface area contributed by atoms with Gasteiger partial charge in [-0.25, -0.2) is 18.7 Å². The van der Waals surface area contributed by atoms with Crippen molar-refractivity contribution in [2.45, 2.75) is 6.54 Å². The summed E-state index contributed by atoms with van der Waals surface area (Å²) in [6.45, 7) is 0.468. The maximum absolute atomic E-state index is 13.1. The van der Waals surface area contributed by atoms with Crippen LogP contribution in [0.15, 0.2) is 55.0 Å². The van der Waals surface area contributed by atoms with Gasteiger partial charge < -0.3 is 10.6 Å². The zero-order chi connectivity index (χ0) is 17.6. The second-order valence-corrected chi connectivity index (χ2v) is 5.04. The van der Waals surface area contributed by atoms with Gasteiger partial charge in [0.1, 0.15) is 11.5 Å². The Bertz CT molecular complexity index is 872. The molecule has 0 aliphatic heterocycles. The average molecular weight is 341 g/mol. The summed E-state index contributed by atoms with van der Waals surface area (Å²) in [5.41, 5.74) is 1.01. The van der Waals surface area contributed by atoms with E-state index in [1.54, 1.807) is 6.20 Å². The third kappa shape index (κ3) is 4.31. The molecule has 3 rings (SSSR count). The van der Waals surface area contributed by atoms with E-state index >= 15 is 0 Å². The first kappa shape index (κ1) is 16.4. The summed E-state index contributed by atoms with van der Waals surface area (Å²) in [7, 11) is 0. The third-order valence-corrected chi connectivity index (χ3v) is 3.24. The Morgan fingerprint density at radius 2 is 1.88 bits per heavy atom. The number of benzene rings is 1. The Hall–Kier alpha value is -3.42. The normalized spacial score (nSPS) is 10.3. The van der Waals surface area contributed by atoms with Crippen molar-refractivity contribution in [3.8, 4) is 0 Å². The molecule has 3 aromatic rings. The molecule has 8 heteroatoms. The number of anilines is 2. The molecule has 2 aromatic heterocycles. The lowest BCUT2D eigenvalue weighted by molar-refractivity contribution is 0.102. The van der Waals surface area contributed by atoms with Crippen LogP contribution in [0.2, 0.25) is 0 Å². The van der Waals surface area contributed by atoms with Crippen molar-refractivity contribution < 1.29 is 13.6 Å². The lowest BCUT2D eigenvalue weighted by atomic mass is 10.3. The summed E-state index contributed by atoms with van der Waals surface area (Å²) in [5, 5.41) is 5.46. The molecular formula is C17H13F2N5O. The van der Waals surface area contributed by atoms with Gasteiger partial charge in [-0.1, -0.05) is 6.07 Å². The van der Waals surface area contributed by atoms with E-state index in [9.17, 15) is 13.6 Å². The summed E-state index contributed by atoms with van der Waals surface area (Å²) in [5.74, 6) is -2.12. The Morgan fingerprint density at radius 1 is 1.00 bits per heavy atom. The first-order valence-corrected chi connectivity index (χ1v) is 7.34. The van der Waals surface area contributed by atoms with Crippen LogP contribution >= 0.6 is 0 Å². The lowest BCUT2D eigenvalue weighted by Crippen LogP contribution is -2.15. The van der Waals surface area contributed by atoms with Crippen LogP contribution in [0.3, 0.4) is 0 Å². The van der Waals surface area contributed by atoms with Crippen molar-refractivity contribution >= 4 is 17.4 Å². The molecule has 0 bridgehead atoms. The number of nitrogens with one attached hydrogen (secondary N) is 2. The zero-order valence-corrected chi connectivity index (χ0v) is 12.9.